The summed E-state index contributed by atoms with van der Waals surface area (Å²) in [6.45, 7) is 6.26. The molecule has 0 atom stereocenters. The molecule has 1 amide bonds. The largest absolute Gasteiger partial charge is 0.372 e. The van der Waals surface area contributed by atoms with Crippen LogP contribution in [-0.2, 0) is 0 Å². The van der Waals surface area contributed by atoms with E-state index in [0.717, 1.165) is 31.6 Å². The number of hydrogen-bond donors (Lipinski definition) is 2. The Morgan fingerprint density at radius 2 is 1.71 bits per heavy atom. The summed E-state index contributed by atoms with van der Waals surface area (Å²) in [5.41, 5.74) is 2.54. The van der Waals surface area contributed by atoms with Crippen LogP contribution in [0.25, 0.3) is 0 Å². The molecule has 0 unspecified atom stereocenters. The molecule has 150 valence electrons. The van der Waals surface area contributed by atoms with Crippen molar-refractivity contribution in [2.75, 3.05) is 23.3 Å². The van der Waals surface area contributed by atoms with E-state index in [1.54, 1.807) is 6.07 Å². The quantitative estimate of drug-likeness (QED) is 0.690. The molecule has 2 N–H and O–H groups in total. The molecule has 1 fully saturated rings. The Morgan fingerprint density at radius 3 is 2.36 bits per heavy atom. The first-order chi connectivity index (χ1) is 13.7. The summed E-state index contributed by atoms with van der Waals surface area (Å²) in [6.07, 6.45) is 8.45. The van der Waals surface area contributed by atoms with Crippen molar-refractivity contribution in [2.24, 2.45) is 0 Å². The van der Waals surface area contributed by atoms with Crippen LogP contribution >= 0.6 is 0 Å². The second-order valence-corrected chi connectivity index (χ2v) is 7.29. The molecule has 1 aliphatic carbocycles. The number of nitrogens with zero attached hydrogens (tertiary/aromatic N) is 3. The highest BCUT2D eigenvalue weighted by Gasteiger charge is 2.17. The summed E-state index contributed by atoms with van der Waals surface area (Å²) >= 11 is 0. The normalized spacial score (nSPS) is 14.9. The number of nitrogens with one attached hydrogen (secondary N) is 2. The van der Waals surface area contributed by atoms with E-state index >= 15 is 0 Å². The highest BCUT2D eigenvalue weighted by Crippen LogP contribution is 2.21. The topological polar surface area (TPSA) is 70.2 Å². The van der Waals surface area contributed by atoms with Crippen LogP contribution in [-0.4, -0.2) is 35.0 Å². The van der Waals surface area contributed by atoms with Gasteiger partial charge >= 0.3 is 0 Å². The van der Waals surface area contributed by atoms with E-state index in [-0.39, 0.29) is 11.9 Å². The minimum absolute atomic E-state index is 0.116. The lowest BCUT2D eigenvalue weighted by atomic mass is 10.1. The maximum Gasteiger partial charge on any atom is 0.270 e. The van der Waals surface area contributed by atoms with Gasteiger partial charge in [0.1, 0.15) is 17.8 Å². The highest BCUT2D eigenvalue weighted by atomic mass is 16.1. The Hall–Kier alpha value is -2.63. The fraction of sp³-hybridized carbons (Fsp3) is 0.500. The Kier molecular flexibility index (Phi) is 7.23. The number of benzene rings is 1. The molecule has 3 rings (SSSR count). The first-order valence-corrected chi connectivity index (χ1v) is 10.4. The van der Waals surface area contributed by atoms with Gasteiger partial charge in [-0.05, 0) is 51.0 Å². The van der Waals surface area contributed by atoms with Crippen molar-refractivity contribution >= 4 is 23.1 Å². The van der Waals surface area contributed by atoms with Crippen molar-refractivity contribution in [3.63, 3.8) is 0 Å². The van der Waals surface area contributed by atoms with Crippen molar-refractivity contribution in [3.8, 4) is 0 Å². The summed E-state index contributed by atoms with van der Waals surface area (Å²) in [6, 6.07) is 10.2. The van der Waals surface area contributed by atoms with Crippen molar-refractivity contribution in [3.05, 3.63) is 42.4 Å². The van der Waals surface area contributed by atoms with Crippen LogP contribution in [0.1, 0.15) is 62.9 Å². The van der Waals surface area contributed by atoms with Gasteiger partial charge in [0, 0.05) is 36.6 Å². The molecule has 0 aliphatic heterocycles. The van der Waals surface area contributed by atoms with Crippen molar-refractivity contribution in [1.82, 2.24) is 15.3 Å². The van der Waals surface area contributed by atoms with Crippen LogP contribution in [0.15, 0.2) is 36.7 Å². The van der Waals surface area contributed by atoms with Crippen LogP contribution in [0.4, 0.5) is 17.2 Å². The van der Waals surface area contributed by atoms with Gasteiger partial charge in [0.15, 0.2) is 0 Å². The van der Waals surface area contributed by atoms with Crippen LogP contribution < -0.4 is 15.5 Å². The van der Waals surface area contributed by atoms with Crippen LogP contribution in [0, 0.1) is 0 Å². The van der Waals surface area contributed by atoms with E-state index in [4.69, 9.17) is 0 Å². The maximum atomic E-state index is 12.6. The monoisotopic (exact) mass is 381 g/mol. The number of rotatable bonds is 7. The SMILES string of the molecule is CCN(CC)c1ccc(Nc2cc(C(=O)NC3CCCCCC3)ncn2)cc1. The Labute approximate surface area is 167 Å². The van der Waals surface area contributed by atoms with E-state index in [1.165, 1.54) is 37.7 Å². The fourth-order valence-corrected chi connectivity index (χ4v) is 3.73. The fourth-order valence-electron chi connectivity index (χ4n) is 3.73. The molecule has 1 heterocycles. The molecule has 1 aromatic heterocycles. The van der Waals surface area contributed by atoms with Gasteiger partial charge in [0.05, 0.1) is 0 Å². The minimum atomic E-state index is -0.116. The molecule has 0 bridgehead atoms. The zero-order chi connectivity index (χ0) is 19.8. The van der Waals surface area contributed by atoms with E-state index < -0.39 is 0 Å². The Morgan fingerprint density at radius 1 is 1.04 bits per heavy atom. The Balaban J connectivity index is 1.63. The summed E-state index contributed by atoms with van der Waals surface area (Å²) in [5, 5.41) is 6.40. The number of hydrogen-bond acceptors (Lipinski definition) is 5. The minimum Gasteiger partial charge on any atom is -0.372 e. The predicted molar refractivity (Wildman–Crippen MR) is 114 cm³/mol. The van der Waals surface area contributed by atoms with Gasteiger partial charge in [0.25, 0.3) is 5.91 Å². The summed E-state index contributed by atoms with van der Waals surface area (Å²) < 4.78 is 0. The van der Waals surface area contributed by atoms with Gasteiger partial charge in [-0.1, -0.05) is 25.7 Å². The van der Waals surface area contributed by atoms with Crippen molar-refractivity contribution < 1.29 is 4.79 Å². The highest BCUT2D eigenvalue weighted by molar-refractivity contribution is 5.93. The van der Waals surface area contributed by atoms with E-state index in [0.29, 0.717) is 11.5 Å². The lowest BCUT2D eigenvalue weighted by molar-refractivity contribution is 0.0928. The molecule has 1 aliphatic rings. The molecule has 0 saturated heterocycles. The molecule has 0 radical (unpaired) electrons. The lowest BCUT2D eigenvalue weighted by Gasteiger charge is -2.21. The second-order valence-electron chi connectivity index (χ2n) is 7.29. The predicted octanol–water partition coefficient (Wildman–Crippen LogP) is 4.52. The van der Waals surface area contributed by atoms with E-state index in [2.05, 4.69) is 51.5 Å². The average Bonchev–Trinajstić information content (AvgIpc) is 2.99. The van der Waals surface area contributed by atoms with Crippen molar-refractivity contribution in [2.45, 2.75) is 58.4 Å². The number of carbonyl (C=O) groups is 1. The number of carbonyl (C=O) groups excluding carboxylic acids is 1. The van der Waals surface area contributed by atoms with Gasteiger partial charge < -0.3 is 15.5 Å². The zero-order valence-corrected chi connectivity index (χ0v) is 16.9. The second kappa shape index (κ2) is 10.1. The van der Waals surface area contributed by atoms with Crippen LogP contribution in [0.3, 0.4) is 0 Å². The summed E-state index contributed by atoms with van der Waals surface area (Å²) in [7, 11) is 0. The first-order valence-electron chi connectivity index (χ1n) is 10.4. The average molecular weight is 382 g/mol. The third kappa shape index (κ3) is 5.44. The number of anilines is 3. The molecule has 6 nitrogen and oxygen atoms in total. The molecule has 28 heavy (non-hydrogen) atoms. The standard InChI is InChI=1S/C22H31N5O/c1-3-27(4-2)19-13-11-18(12-14-19)25-21-15-20(23-16-24-21)22(28)26-17-9-7-5-6-8-10-17/h11-17H,3-10H2,1-2H3,(H,26,28)(H,23,24,25). The zero-order valence-electron chi connectivity index (χ0n) is 16.9. The van der Waals surface area contributed by atoms with Gasteiger partial charge in [-0.25, -0.2) is 9.97 Å². The smallest absolute Gasteiger partial charge is 0.270 e. The molecule has 1 aromatic carbocycles. The summed E-state index contributed by atoms with van der Waals surface area (Å²) in [4.78, 5) is 23.3. The number of aromatic nitrogens is 2. The molecular formula is C22H31N5O. The van der Waals surface area contributed by atoms with Crippen LogP contribution in [0.2, 0.25) is 0 Å². The number of amides is 1. The molecule has 2 aromatic rings. The van der Waals surface area contributed by atoms with Gasteiger partial charge in [-0.15, -0.1) is 0 Å². The summed E-state index contributed by atoms with van der Waals surface area (Å²) in [5.74, 6) is 0.505. The Bertz CT molecular complexity index is 750. The third-order valence-electron chi connectivity index (χ3n) is 5.36. The van der Waals surface area contributed by atoms with Crippen molar-refractivity contribution in [1.29, 1.82) is 0 Å². The third-order valence-corrected chi connectivity index (χ3v) is 5.36. The lowest BCUT2D eigenvalue weighted by Crippen LogP contribution is -2.34. The van der Waals surface area contributed by atoms with E-state index in [1.807, 2.05) is 12.1 Å². The maximum absolute atomic E-state index is 12.6. The van der Waals surface area contributed by atoms with E-state index in [9.17, 15) is 4.79 Å². The molecule has 0 spiro atoms. The molecular weight excluding hydrogens is 350 g/mol. The van der Waals surface area contributed by atoms with Gasteiger partial charge in [-0.2, -0.15) is 0 Å². The molecule has 6 heteroatoms. The molecule has 1 saturated carbocycles. The van der Waals surface area contributed by atoms with Crippen LogP contribution in [0.5, 0.6) is 0 Å². The van der Waals surface area contributed by atoms with Gasteiger partial charge in [0.2, 0.25) is 0 Å². The van der Waals surface area contributed by atoms with Gasteiger partial charge in [-0.3, -0.25) is 4.79 Å². The first kappa shape index (κ1) is 20.1.